The van der Waals surface area contributed by atoms with Gasteiger partial charge in [0.25, 0.3) is 5.91 Å². The highest BCUT2D eigenvalue weighted by molar-refractivity contribution is 6.33. The number of amides is 1. The molecule has 1 aromatic rings. The van der Waals surface area contributed by atoms with E-state index in [0.717, 1.165) is 0 Å². The quantitative estimate of drug-likeness (QED) is 0.781. The fourth-order valence-electron chi connectivity index (χ4n) is 1.37. The van der Waals surface area contributed by atoms with Gasteiger partial charge in [0.1, 0.15) is 5.82 Å². The molecular weight excluding hydrogens is 217 g/mol. The van der Waals surface area contributed by atoms with Gasteiger partial charge in [-0.1, -0.05) is 17.7 Å². The van der Waals surface area contributed by atoms with E-state index in [9.17, 15) is 9.18 Å². The summed E-state index contributed by atoms with van der Waals surface area (Å²) in [6.45, 7) is 4.77. The molecule has 1 rings (SSSR count). The van der Waals surface area contributed by atoms with Gasteiger partial charge in [0.15, 0.2) is 0 Å². The van der Waals surface area contributed by atoms with Crippen LogP contribution in [0.2, 0.25) is 5.02 Å². The molecule has 82 valence electrons. The van der Waals surface area contributed by atoms with Gasteiger partial charge in [-0.05, 0) is 26.0 Å². The predicted octanol–water partition coefficient (Wildman–Crippen LogP) is 2.96. The van der Waals surface area contributed by atoms with Gasteiger partial charge >= 0.3 is 0 Å². The second kappa shape index (κ2) is 5.12. The normalized spacial score (nSPS) is 10.1. The molecule has 0 atom stereocenters. The molecule has 1 aromatic carbocycles. The van der Waals surface area contributed by atoms with E-state index < -0.39 is 5.82 Å². The van der Waals surface area contributed by atoms with E-state index in [1.807, 2.05) is 13.8 Å². The summed E-state index contributed by atoms with van der Waals surface area (Å²) in [5, 5.41) is 0.159. The largest absolute Gasteiger partial charge is 0.339 e. The number of hydrogen-bond donors (Lipinski definition) is 0. The van der Waals surface area contributed by atoms with Crippen LogP contribution in [0.25, 0.3) is 0 Å². The van der Waals surface area contributed by atoms with Crippen LogP contribution in [0.4, 0.5) is 4.39 Å². The Morgan fingerprint density at radius 3 is 2.47 bits per heavy atom. The van der Waals surface area contributed by atoms with E-state index in [1.54, 1.807) is 0 Å². The minimum atomic E-state index is -0.570. The third-order valence-electron chi connectivity index (χ3n) is 2.23. The SMILES string of the molecule is CCN(CC)C(=O)c1c(F)cccc1Cl. The molecule has 0 aliphatic carbocycles. The van der Waals surface area contributed by atoms with Gasteiger partial charge in [0.2, 0.25) is 0 Å². The maximum Gasteiger partial charge on any atom is 0.258 e. The minimum Gasteiger partial charge on any atom is -0.339 e. The summed E-state index contributed by atoms with van der Waals surface area (Å²) >= 11 is 5.79. The average Bonchev–Trinajstić information content (AvgIpc) is 2.19. The zero-order valence-electron chi connectivity index (χ0n) is 8.76. The van der Waals surface area contributed by atoms with Crippen LogP contribution >= 0.6 is 11.6 Å². The fraction of sp³-hybridized carbons (Fsp3) is 0.364. The van der Waals surface area contributed by atoms with E-state index in [0.29, 0.717) is 13.1 Å². The standard InChI is InChI=1S/C11H13ClFNO/c1-3-14(4-2)11(15)10-8(12)6-5-7-9(10)13/h5-7H,3-4H2,1-2H3. The molecule has 0 N–H and O–H groups in total. The van der Waals surface area contributed by atoms with Crippen molar-refractivity contribution < 1.29 is 9.18 Å². The maximum absolute atomic E-state index is 13.4. The molecule has 15 heavy (non-hydrogen) atoms. The van der Waals surface area contributed by atoms with E-state index in [2.05, 4.69) is 0 Å². The molecule has 0 spiro atoms. The molecule has 0 saturated heterocycles. The highest BCUT2D eigenvalue weighted by Gasteiger charge is 2.19. The van der Waals surface area contributed by atoms with Crippen molar-refractivity contribution in [2.24, 2.45) is 0 Å². The first kappa shape index (κ1) is 12.0. The van der Waals surface area contributed by atoms with E-state index in [-0.39, 0.29) is 16.5 Å². The van der Waals surface area contributed by atoms with Crippen LogP contribution in [0, 0.1) is 5.82 Å². The van der Waals surface area contributed by atoms with Gasteiger partial charge in [-0.2, -0.15) is 0 Å². The Labute approximate surface area is 93.6 Å². The van der Waals surface area contributed by atoms with Crippen molar-refractivity contribution in [3.05, 3.63) is 34.6 Å². The first-order valence-electron chi connectivity index (χ1n) is 4.85. The number of carbonyl (C=O) groups is 1. The number of rotatable bonds is 3. The van der Waals surface area contributed by atoms with Crippen molar-refractivity contribution in [2.75, 3.05) is 13.1 Å². The molecule has 4 heteroatoms. The first-order valence-corrected chi connectivity index (χ1v) is 5.22. The lowest BCUT2D eigenvalue weighted by molar-refractivity contribution is 0.0768. The van der Waals surface area contributed by atoms with Gasteiger partial charge in [0, 0.05) is 13.1 Å². The van der Waals surface area contributed by atoms with E-state index in [4.69, 9.17) is 11.6 Å². The van der Waals surface area contributed by atoms with Gasteiger partial charge < -0.3 is 4.90 Å². The molecule has 0 bridgehead atoms. The number of carbonyl (C=O) groups excluding carboxylic acids is 1. The molecule has 0 aromatic heterocycles. The lowest BCUT2D eigenvalue weighted by Gasteiger charge is -2.19. The summed E-state index contributed by atoms with van der Waals surface area (Å²) in [6.07, 6.45) is 0. The monoisotopic (exact) mass is 229 g/mol. The third-order valence-corrected chi connectivity index (χ3v) is 2.54. The molecule has 0 heterocycles. The average molecular weight is 230 g/mol. The van der Waals surface area contributed by atoms with Crippen molar-refractivity contribution in [3.8, 4) is 0 Å². The molecule has 2 nitrogen and oxygen atoms in total. The Hall–Kier alpha value is -1.09. The van der Waals surface area contributed by atoms with Gasteiger partial charge in [-0.3, -0.25) is 4.79 Å². The second-order valence-electron chi connectivity index (χ2n) is 3.07. The summed E-state index contributed by atoms with van der Waals surface area (Å²) in [4.78, 5) is 13.4. The van der Waals surface area contributed by atoms with Crippen molar-refractivity contribution in [1.29, 1.82) is 0 Å². The van der Waals surface area contributed by atoms with Crippen LogP contribution < -0.4 is 0 Å². The fourth-order valence-corrected chi connectivity index (χ4v) is 1.61. The molecule has 0 aliphatic rings. The molecular formula is C11H13ClFNO. The highest BCUT2D eigenvalue weighted by Crippen LogP contribution is 2.20. The zero-order chi connectivity index (χ0) is 11.4. The van der Waals surface area contributed by atoms with E-state index in [1.165, 1.54) is 23.1 Å². The Bertz CT molecular complexity index is 343. The minimum absolute atomic E-state index is 0.0390. The molecule has 0 unspecified atom stereocenters. The Kier molecular flexibility index (Phi) is 4.09. The van der Waals surface area contributed by atoms with Crippen LogP contribution in [0.15, 0.2) is 18.2 Å². The summed E-state index contributed by atoms with van der Waals surface area (Å²) in [7, 11) is 0. The maximum atomic E-state index is 13.4. The van der Waals surface area contributed by atoms with Crippen LogP contribution in [-0.4, -0.2) is 23.9 Å². The second-order valence-corrected chi connectivity index (χ2v) is 3.48. The third kappa shape index (κ3) is 2.48. The topological polar surface area (TPSA) is 20.3 Å². The van der Waals surface area contributed by atoms with Gasteiger partial charge in [-0.25, -0.2) is 4.39 Å². The van der Waals surface area contributed by atoms with Crippen LogP contribution in [0.1, 0.15) is 24.2 Å². The van der Waals surface area contributed by atoms with Crippen LogP contribution in [-0.2, 0) is 0 Å². The number of halogens is 2. The summed E-state index contributed by atoms with van der Waals surface area (Å²) < 4.78 is 13.4. The highest BCUT2D eigenvalue weighted by atomic mass is 35.5. The van der Waals surface area contributed by atoms with Crippen molar-refractivity contribution in [1.82, 2.24) is 4.90 Å². The predicted molar refractivity (Wildman–Crippen MR) is 58.7 cm³/mol. The van der Waals surface area contributed by atoms with E-state index >= 15 is 0 Å². The summed E-state index contributed by atoms with van der Waals surface area (Å²) in [5.41, 5.74) is -0.0390. The van der Waals surface area contributed by atoms with Gasteiger partial charge in [-0.15, -0.1) is 0 Å². The van der Waals surface area contributed by atoms with Crippen molar-refractivity contribution in [3.63, 3.8) is 0 Å². The summed E-state index contributed by atoms with van der Waals surface area (Å²) in [6, 6.07) is 4.24. The Morgan fingerprint density at radius 2 is 2.00 bits per heavy atom. The van der Waals surface area contributed by atoms with Gasteiger partial charge in [0.05, 0.1) is 10.6 Å². The Morgan fingerprint density at radius 1 is 1.40 bits per heavy atom. The van der Waals surface area contributed by atoms with Crippen LogP contribution in [0.3, 0.4) is 0 Å². The smallest absolute Gasteiger partial charge is 0.258 e. The molecule has 0 aliphatic heterocycles. The Balaban J connectivity index is 3.10. The number of benzene rings is 1. The molecule has 0 saturated carbocycles. The lowest BCUT2D eigenvalue weighted by Crippen LogP contribution is -2.31. The van der Waals surface area contributed by atoms with Crippen molar-refractivity contribution >= 4 is 17.5 Å². The molecule has 0 fully saturated rings. The first-order chi connectivity index (χ1) is 7.11. The lowest BCUT2D eigenvalue weighted by atomic mass is 10.2. The molecule has 1 amide bonds. The summed E-state index contributed by atoms with van der Waals surface area (Å²) in [5.74, 6) is -0.928. The number of nitrogens with zero attached hydrogens (tertiary/aromatic N) is 1. The van der Waals surface area contributed by atoms with Crippen LogP contribution in [0.5, 0.6) is 0 Å². The van der Waals surface area contributed by atoms with Crippen molar-refractivity contribution in [2.45, 2.75) is 13.8 Å². The zero-order valence-corrected chi connectivity index (χ0v) is 9.51. The molecule has 0 radical (unpaired) electrons. The number of hydrogen-bond acceptors (Lipinski definition) is 1.